The Hall–Kier alpha value is -4.16. The van der Waals surface area contributed by atoms with Gasteiger partial charge in [-0.05, 0) is 67.6 Å². The molecule has 4 aromatic rings. The third-order valence-corrected chi connectivity index (χ3v) is 6.65. The molecule has 1 aliphatic carbocycles. The van der Waals surface area contributed by atoms with Crippen molar-refractivity contribution in [2.75, 3.05) is 0 Å². The summed E-state index contributed by atoms with van der Waals surface area (Å²) in [5, 5.41) is 23.8. The lowest BCUT2D eigenvalue weighted by Gasteiger charge is -2.33. The van der Waals surface area contributed by atoms with E-state index in [2.05, 4.69) is 86.6 Å². The summed E-state index contributed by atoms with van der Waals surface area (Å²) in [5.74, 6) is -1.17. The van der Waals surface area contributed by atoms with Crippen LogP contribution in [0.3, 0.4) is 0 Å². The Morgan fingerprint density at radius 2 is 1.29 bits per heavy atom. The molecular weight excluding hydrogens is 418 g/mol. The molecule has 0 aromatic heterocycles. The van der Waals surface area contributed by atoms with E-state index in [4.69, 9.17) is 0 Å². The van der Waals surface area contributed by atoms with Crippen molar-refractivity contribution in [2.24, 2.45) is 5.41 Å². The van der Waals surface area contributed by atoms with Gasteiger partial charge < -0.3 is 5.11 Å². The van der Waals surface area contributed by atoms with Gasteiger partial charge in [0.15, 0.2) is 0 Å². The number of hydrogen-bond acceptors (Lipinski definition) is 2. The van der Waals surface area contributed by atoms with Crippen LogP contribution < -0.4 is 0 Å². The maximum Gasteiger partial charge on any atom is 0.346 e. The molecule has 0 amide bonds. The van der Waals surface area contributed by atoms with Gasteiger partial charge in [-0.25, -0.2) is 4.79 Å². The quantitative estimate of drug-likeness (QED) is 0.200. The number of nitriles is 1. The molecule has 0 atom stereocenters. The summed E-state index contributed by atoms with van der Waals surface area (Å²) in [5.41, 5.74) is 4.83. The molecule has 5 rings (SSSR count). The van der Waals surface area contributed by atoms with Crippen LogP contribution in [0.25, 0.3) is 38.2 Å². The average molecular weight is 444 g/mol. The Morgan fingerprint density at radius 1 is 0.794 bits per heavy atom. The van der Waals surface area contributed by atoms with Crippen molar-refractivity contribution < 1.29 is 9.90 Å². The molecule has 0 saturated heterocycles. The van der Waals surface area contributed by atoms with Crippen LogP contribution >= 0.6 is 0 Å². The number of rotatable bonds is 3. The molecule has 1 N–H and O–H groups in total. The van der Waals surface area contributed by atoms with Crippen LogP contribution in [-0.2, 0) is 4.79 Å². The van der Waals surface area contributed by atoms with Crippen LogP contribution in [0.5, 0.6) is 0 Å². The zero-order valence-electron chi connectivity index (χ0n) is 19.3. The molecule has 3 heteroatoms. The highest BCUT2D eigenvalue weighted by Crippen LogP contribution is 2.48. The number of hydrogen-bond donors (Lipinski definition) is 1. The maximum absolute atomic E-state index is 11.8. The van der Waals surface area contributed by atoms with Crippen molar-refractivity contribution >= 4 is 33.1 Å². The monoisotopic (exact) mass is 443 g/mol. The number of carboxylic acid groups (broad SMARTS) is 1. The van der Waals surface area contributed by atoms with Crippen molar-refractivity contribution in [2.45, 2.75) is 26.7 Å². The summed E-state index contributed by atoms with van der Waals surface area (Å²) in [6.45, 7) is 4.28. The van der Waals surface area contributed by atoms with Crippen LogP contribution in [-0.4, -0.2) is 11.1 Å². The first-order valence-corrected chi connectivity index (χ1v) is 11.5. The molecule has 0 fully saturated rings. The summed E-state index contributed by atoms with van der Waals surface area (Å²) in [6, 6.07) is 29.2. The van der Waals surface area contributed by atoms with E-state index in [9.17, 15) is 15.2 Å². The lowest BCUT2D eigenvalue weighted by molar-refractivity contribution is -0.132. The summed E-state index contributed by atoms with van der Waals surface area (Å²) < 4.78 is 0. The van der Waals surface area contributed by atoms with E-state index in [-0.39, 0.29) is 11.0 Å². The highest BCUT2D eigenvalue weighted by molar-refractivity contribution is 6.19. The Bertz CT molecular complexity index is 1490. The number of nitrogens with zero attached hydrogens (tertiary/aromatic N) is 1. The molecule has 4 aromatic carbocycles. The number of carboxylic acids is 1. The van der Waals surface area contributed by atoms with Gasteiger partial charge in [0, 0.05) is 0 Å². The molecule has 3 nitrogen and oxygen atoms in total. The van der Waals surface area contributed by atoms with Crippen LogP contribution in [0.2, 0.25) is 0 Å². The number of allylic oxidation sites excluding steroid dienone is 3. The molecule has 0 unspecified atom stereocenters. The Kier molecular flexibility index (Phi) is 5.30. The van der Waals surface area contributed by atoms with Crippen molar-refractivity contribution in [3.8, 4) is 17.2 Å². The predicted octanol–water partition coefficient (Wildman–Crippen LogP) is 7.77. The van der Waals surface area contributed by atoms with E-state index in [1.807, 2.05) is 18.2 Å². The minimum Gasteiger partial charge on any atom is -0.477 e. The number of fused-ring (bicyclic) bond motifs is 2. The van der Waals surface area contributed by atoms with E-state index in [1.54, 1.807) is 0 Å². The second-order valence-electron chi connectivity index (χ2n) is 9.71. The molecule has 0 heterocycles. The fourth-order valence-electron chi connectivity index (χ4n) is 5.37. The SMILES string of the molecule is CC1(C)CC(c2c3ccccc3c(-c3ccccc3)c3ccccc23)=C/C(=C(\C#N)C(=O)O)C1. The van der Waals surface area contributed by atoms with Gasteiger partial charge in [-0.2, -0.15) is 5.26 Å². The Balaban J connectivity index is 1.91. The third kappa shape index (κ3) is 3.68. The lowest BCUT2D eigenvalue weighted by atomic mass is 9.71. The van der Waals surface area contributed by atoms with Gasteiger partial charge in [-0.1, -0.05) is 98.8 Å². The fourth-order valence-corrected chi connectivity index (χ4v) is 5.37. The summed E-state index contributed by atoms with van der Waals surface area (Å²) in [7, 11) is 0. The zero-order valence-corrected chi connectivity index (χ0v) is 19.3. The highest BCUT2D eigenvalue weighted by atomic mass is 16.4. The fraction of sp³-hybridized carbons (Fsp3) is 0.161. The highest BCUT2D eigenvalue weighted by Gasteiger charge is 2.31. The van der Waals surface area contributed by atoms with Gasteiger partial charge in [0.1, 0.15) is 11.6 Å². The molecule has 0 bridgehead atoms. The van der Waals surface area contributed by atoms with Crippen molar-refractivity contribution in [3.63, 3.8) is 0 Å². The molecule has 166 valence electrons. The van der Waals surface area contributed by atoms with Crippen molar-refractivity contribution in [1.82, 2.24) is 0 Å². The first-order valence-electron chi connectivity index (χ1n) is 11.5. The smallest absolute Gasteiger partial charge is 0.346 e. The van der Waals surface area contributed by atoms with Gasteiger partial charge in [-0.3, -0.25) is 0 Å². The van der Waals surface area contributed by atoms with Crippen molar-refractivity contribution in [3.05, 3.63) is 102 Å². The van der Waals surface area contributed by atoms with Gasteiger partial charge >= 0.3 is 5.97 Å². The van der Waals surface area contributed by atoms with E-state index >= 15 is 0 Å². The maximum atomic E-state index is 11.8. The predicted molar refractivity (Wildman–Crippen MR) is 138 cm³/mol. The molecular formula is C31H25NO2. The van der Waals surface area contributed by atoms with E-state index in [0.717, 1.165) is 44.7 Å². The standard InChI is InChI=1S/C31H25NO2/c1-31(2)17-21(27(19-32)30(33)34)16-22(18-31)29-25-14-8-6-12-23(25)28(20-10-4-3-5-11-20)24-13-7-9-15-26(24)29/h3-16H,17-18H2,1-2H3,(H,33,34)/b27-21-. The molecule has 0 radical (unpaired) electrons. The Morgan fingerprint density at radius 3 is 1.79 bits per heavy atom. The second-order valence-corrected chi connectivity index (χ2v) is 9.71. The summed E-state index contributed by atoms with van der Waals surface area (Å²) in [6.07, 6.45) is 3.31. The van der Waals surface area contributed by atoms with E-state index in [1.165, 1.54) is 5.56 Å². The molecule has 34 heavy (non-hydrogen) atoms. The van der Waals surface area contributed by atoms with E-state index in [0.29, 0.717) is 12.0 Å². The number of carbonyl (C=O) groups is 1. The molecule has 0 spiro atoms. The topological polar surface area (TPSA) is 61.1 Å². The molecule has 0 saturated carbocycles. The number of aliphatic carboxylic acids is 1. The van der Waals surface area contributed by atoms with Gasteiger partial charge in [0.2, 0.25) is 0 Å². The first-order chi connectivity index (χ1) is 16.4. The number of benzene rings is 4. The van der Waals surface area contributed by atoms with Crippen molar-refractivity contribution in [1.29, 1.82) is 5.26 Å². The molecule has 1 aliphatic rings. The van der Waals surface area contributed by atoms with Crippen LogP contribution in [0.15, 0.2) is 96.1 Å². The summed E-state index contributed by atoms with van der Waals surface area (Å²) >= 11 is 0. The van der Waals surface area contributed by atoms with Gasteiger partial charge in [-0.15, -0.1) is 0 Å². The first kappa shape index (κ1) is 21.7. The Labute approximate surface area is 199 Å². The lowest BCUT2D eigenvalue weighted by Crippen LogP contribution is -2.19. The van der Waals surface area contributed by atoms with Gasteiger partial charge in [0.05, 0.1) is 0 Å². The van der Waals surface area contributed by atoms with Crippen LogP contribution in [0.1, 0.15) is 32.3 Å². The summed E-state index contributed by atoms with van der Waals surface area (Å²) in [4.78, 5) is 11.8. The normalized spacial score (nSPS) is 16.7. The second kappa shape index (κ2) is 8.32. The largest absolute Gasteiger partial charge is 0.477 e. The minimum atomic E-state index is -1.17. The van der Waals surface area contributed by atoms with E-state index < -0.39 is 5.97 Å². The third-order valence-electron chi connectivity index (χ3n) is 6.65. The van der Waals surface area contributed by atoms with Crippen LogP contribution in [0, 0.1) is 16.7 Å². The van der Waals surface area contributed by atoms with Gasteiger partial charge in [0.25, 0.3) is 0 Å². The zero-order chi connectivity index (χ0) is 23.9. The average Bonchev–Trinajstić information content (AvgIpc) is 2.82. The van der Waals surface area contributed by atoms with Crippen LogP contribution in [0.4, 0.5) is 0 Å². The minimum absolute atomic E-state index is 0.167. The molecule has 0 aliphatic heterocycles.